The van der Waals surface area contributed by atoms with Crippen LogP contribution in [0.3, 0.4) is 0 Å². The third-order valence-corrected chi connectivity index (χ3v) is 14.8. The average Bonchev–Trinajstić information content (AvgIpc) is 3.78. The molecule has 6 aliphatic rings. The first kappa shape index (κ1) is 45.2. The number of β-amino-alcohol motifs (C(OH)–C–C–N with tert-alkyl or cyclic N) is 2. The van der Waals surface area contributed by atoms with Crippen LogP contribution in [0.15, 0.2) is 66.7 Å². The molecule has 17 nitrogen and oxygen atoms in total. The molecule has 0 aromatic heterocycles. The third kappa shape index (κ3) is 6.92. The fraction of sp³-hybridized carbons (Fsp3) is 0.478. The van der Waals surface area contributed by atoms with Crippen LogP contribution < -0.4 is 27.8 Å². The molecule has 10 N–H and O–H groups in total. The number of esters is 2. The number of rotatable bonds is 13. The standard InChI is InChI=1S/C46H57N7O10/c1-24-8-7-9-34(25(24)2)53(35-20-30(54)22-51(35)45(37(47)56,39(58)62-41(49)60)43(3,4)32-18-26-10-14-28(32)15-11-26)36-21-31(55)23-52(36)46(38(48)57,40(59)63-42(50)61)44(5,6)33-19-27-12-16-29(33)17-13-27/h7-17,30-33,35-36,54-55H,18-23H2,1-6H3,(H2,47,56)(H2,48,57)(H2,49,60)(H2,50,61)/t30-,31-,32?,33?,35?,36?,45+,46+/m1/s1. The topological polar surface area (TPSA) is 275 Å². The lowest BCUT2D eigenvalue weighted by Crippen LogP contribution is -2.77. The van der Waals surface area contributed by atoms with E-state index in [0.29, 0.717) is 24.1 Å². The molecule has 2 heterocycles. The van der Waals surface area contributed by atoms with Gasteiger partial charge in [0.25, 0.3) is 0 Å². The Morgan fingerprint density at radius 3 is 1.32 bits per heavy atom. The molecule has 8 atom stereocenters. The Labute approximate surface area is 365 Å². The van der Waals surface area contributed by atoms with Crippen molar-refractivity contribution in [3.8, 4) is 0 Å². The Hall–Kier alpha value is -5.88. The maximum atomic E-state index is 14.9. The molecule has 0 saturated carbocycles. The fourth-order valence-electron chi connectivity index (χ4n) is 11.6. The van der Waals surface area contributed by atoms with Crippen LogP contribution in [0, 0.1) is 24.7 Å². The monoisotopic (exact) mass is 867 g/mol. The largest absolute Gasteiger partial charge is 0.412 e. The average molecular weight is 868 g/mol. The minimum absolute atomic E-state index is 0.172. The maximum Gasteiger partial charge on any atom is 0.412 e. The Morgan fingerprint density at radius 2 is 1.00 bits per heavy atom. The summed E-state index contributed by atoms with van der Waals surface area (Å²) in [6, 6.07) is 20.6. The summed E-state index contributed by atoms with van der Waals surface area (Å²) in [7, 11) is 0. The number of primary amides is 4. The first-order chi connectivity index (χ1) is 29.5. The molecule has 3 aromatic rings. The number of aryl methyl sites for hydroxylation is 1. The van der Waals surface area contributed by atoms with Crippen molar-refractivity contribution in [1.82, 2.24) is 9.80 Å². The number of ether oxygens (including phenoxy) is 2. The SMILES string of the molecule is Cc1cccc(N(C2C[C@@H](O)CN2[C@@](C(N)=O)(C(=O)OC(N)=O)C(C)(C)C2Cc3ccc2cc3)C2C[C@@H](O)CN2[C@@](C(N)=O)(C(=O)OC(N)=O)C(C)(C)C2Cc3ccc2cc3)c1C. The summed E-state index contributed by atoms with van der Waals surface area (Å²) in [6.45, 7) is 9.67. The Kier molecular flexibility index (Phi) is 11.5. The highest BCUT2D eigenvalue weighted by Gasteiger charge is 2.71. The molecular formula is C46H57N7O10. The number of carbonyl (C=O) groups excluding carboxylic acids is 6. The van der Waals surface area contributed by atoms with Crippen molar-refractivity contribution < 1.29 is 48.5 Å². The first-order valence-corrected chi connectivity index (χ1v) is 21.1. The normalized spacial score (nSPS) is 25.2. The molecule has 4 amide bonds. The van der Waals surface area contributed by atoms with Gasteiger partial charge in [0.2, 0.25) is 22.9 Å². The summed E-state index contributed by atoms with van der Waals surface area (Å²) in [4.78, 5) is 88.8. The van der Waals surface area contributed by atoms with Gasteiger partial charge in [-0.25, -0.2) is 19.2 Å². The van der Waals surface area contributed by atoms with E-state index in [-0.39, 0.29) is 25.9 Å². The van der Waals surface area contributed by atoms with E-state index in [4.69, 9.17) is 32.4 Å². The van der Waals surface area contributed by atoms with E-state index in [1.165, 1.54) is 9.80 Å². The lowest BCUT2D eigenvalue weighted by Gasteiger charge is -2.57. The zero-order valence-corrected chi connectivity index (χ0v) is 36.4. The van der Waals surface area contributed by atoms with Crippen LogP contribution >= 0.6 is 0 Å². The van der Waals surface area contributed by atoms with Crippen molar-refractivity contribution in [3.63, 3.8) is 0 Å². The maximum absolute atomic E-state index is 14.9. The number of nitrogens with zero attached hydrogens (tertiary/aromatic N) is 3. The summed E-state index contributed by atoms with van der Waals surface area (Å²) in [6.07, 6.45) is -7.51. The zero-order valence-electron chi connectivity index (χ0n) is 36.4. The number of hydrogen-bond acceptors (Lipinski definition) is 13. The van der Waals surface area contributed by atoms with Crippen molar-refractivity contribution in [2.75, 3.05) is 18.0 Å². The van der Waals surface area contributed by atoms with E-state index in [0.717, 1.165) is 27.8 Å². The number of amides is 4. The third-order valence-electron chi connectivity index (χ3n) is 14.8. The van der Waals surface area contributed by atoms with Gasteiger partial charge >= 0.3 is 24.1 Å². The molecule has 63 heavy (non-hydrogen) atoms. The highest BCUT2D eigenvalue weighted by atomic mass is 16.6. The van der Waals surface area contributed by atoms with Crippen LogP contribution in [0.2, 0.25) is 0 Å². The number of nitrogens with two attached hydrogens (primary N) is 4. The lowest BCUT2D eigenvalue weighted by atomic mass is 9.58. The van der Waals surface area contributed by atoms with E-state index in [2.05, 4.69) is 0 Å². The summed E-state index contributed by atoms with van der Waals surface area (Å²) >= 11 is 0. The quantitative estimate of drug-likeness (QED) is 0.106. The Bertz CT molecular complexity index is 2220. The first-order valence-electron chi connectivity index (χ1n) is 21.1. The summed E-state index contributed by atoms with van der Waals surface area (Å²) in [5.41, 5.74) is 21.2. The van der Waals surface area contributed by atoms with Gasteiger partial charge in [0, 0.05) is 42.4 Å². The summed E-state index contributed by atoms with van der Waals surface area (Å²) in [5.74, 6) is -6.22. The molecule has 0 radical (unpaired) electrons. The number of aliphatic hydroxyl groups is 2. The second-order valence-electron chi connectivity index (χ2n) is 18.7. The molecule has 3 aromatic carbocycles. The van der Waals surface area contributed by atoms with Crippen LogP contribution in [-0.4, -0.2) is 105 Å². The number of carbonyl (C=O) groups is 6. The van der Waals surface area contributed by atoms with Gasteiger partial charge in [-0.05, 0) is 78.0 Å². The van der Waals surface area contributed by atoms with Crippen LogP contribution in [-0.2, 0) is 41.5 Å². The minimum Gasteiger partial charge on any atom is -0.392 e. The molecule has 9 rings (SSSR count). The zero-order chi connectivity index (χ0) is 46.1. The molecule has 4 aliphatic carbocycles. The van der Waals surface area contributed by atoms with Crippen molar-refractivity contribution >= 4 is 41.6 Å². The van der Waals surface area contributed by atoms with Crippen molar-refractivity contribution in [2.45, 2.75) is 115 Å². The van der Waals surface area contributed by atoms with Crippen LogP contribution in [0.4, 0.5) is 15.3 Å². The number of fused-ring (bicyclic) bond motifs is 6. The van der Waals surface area contributed by atoms with E-state index in [9.17, 15) is 39.0 Å². The van der Waals surface area contributed by atoms with Gasteiger partial charge in [-0.3, -0.25) is 19.4 Å². The van der Waals surface area contributed by atoms with Crippen LogP contribution in [0.25, 0.3) is 0 Å². The number of likely N-dealkylation sites (tertiary alicyclic amines) is 2. The predicted octanol–water partition coefficient (Wildman–Crippen LogP) is 2.32. The second kappa shape index (κ2) is 16.0. The van der Waals surface area contributed by atoms with Gasteiger partial charge in [-0.15, -0.1) is 0 Å². The van der Waals surface area contributed by atoms with Gasteiger partial charge in [-0.1, -0.05) is 88.4 Å². The molecule has 4 bridgehead atoms. The number of aliphatic hydroxyl groups excluding tert-OH is 2. The second-order valence-corrected chi connectivity index (χ2v) is 18.7. The highest BCUT2D eigenvalue weighted by Crippen LogP contribution is 2.56. The van der Waals surface area contributed by atoms with Gasteiger partial charge < -0.3 is 47.5 Å². The Morgan fingerprint density at radius 1 is 0.619 bits per heavy atom. The number of anilines is 1. The smallest absolute Gasteiger partial charge is 0.392 e. The van der Waals surface area contributed by atoms with Gasteiger partial charge in [0.15, 0.2) is 0 Å². The highest BCUT2D eigenvalue weighted by molar-refractivity contribution is 6.11. The summed E-state index contributed by atoms with van der Waals surface area (Å²) in [5, 5.41) is 23.7. The number of benzene rings is 3. The van der Waals surface area contributed by atoms with E-state index in [1.807, 2.05) is 68.4 Å². The number of hydrogen-bond donors (Lipinski definition) is 6. The summed E-state index contributed by atoms with van der Waals surface area (Å²) < 4.78 is 10.4. The lowest BCUT2D eigenvalue weighted by molar-refractivity contribution is -0.172. The molecule has 4 unspecified atom stereocenters. The molecule has 2 aliphatic heterocycles. The van der Waals surface area contributed by atoms with Crippen LogP contribution in [0.5, 0.6) is 0 Å². The van der Waals surface area contributed by atoms with Gasteiger partial charge in [-0.2, -0.15) is 0 Å². The molecule has 2 fully saturated rings. The molecule has 17 heteroatoms. The molecule has 2 saturated heterocycles. The Balaban J connectivity index is 1.50. The molecular weight excluding hydrogens is 811 g/mol. The van der Waals surface area contributed by atoms with Gasteiger partial charge in [0.1, 0.15) is 0 Å². The van der Waals surface area contributed by atoms with Crippen molar-refractivity contribution in [1.29, 1.82) is 0 Å². The predicted molar refractivity (Wildman–Crippen MR) is 229 cm³/mol. The van der Waals surface area contributed by atoms with Gasteiger partial charge in [0.05, 0.1) is 24.5 Å². The van der Waals surface area contributed by atoms with E-state index >= 15 is 0 Å². The van der Waals surface area contributed by atoms with E-state index < -0.39 is 94.2 Å². The van der Waals surface area contributed by atoms with Crippen LogP contribution in [0.1, 0.15) is 85.8 Å². The van der Waals surface area contributed by atoms with E-state index in [1.54, 1.807) is 44.7 Å². The minimum atomic E-state index is -2.54. The molecule has 336 valence electrons. The molecule has 0 spiro atoms. The van der Waals surface area contributed by atoms with Crippen molar-refractivity contribution in [2.24, 2.45) is 33.8 Å². The van der Waals surface area contributed by atoms with Crippen molar-refractivity contribution in [3.05, 3.63) is 100 Å². The fourth-order valence-corrected chi connectivity index (χ4v) is 11.6.